The van der Waals surface area contributed by atoms with Crippen LogP contribution in [0.15, 0.2) is 11.1 Å². The first-order chi connectivity index (χ1) is 4.90. The molecule has 2 saturated carbocycles. The third-order valence-corrected chi connectivity index (χ3v) is 2.90. The minimum absolute atomic E-state index is 0.734. The van der Waals surface area contributed by atoms with Crippen LogP contribution in [0.4, 0.5) is 0 Å². The smallest absolute Gasteiger partial charge is 0.00881 e. The highest BCUT2D eigenvalue weighted by molar-refractivity contribution is 7.79. The van der Waals surface area contributed by atoms with E-state index in [9.17, 15) is 0 Å². The Labute approximate surface area is 67.3 Å². The highest BCUT2D eigenvalue weighted by atomic mass is 32.1. The molecule has 1 heteroatoms. The van der Waals surface area contributed by atoms with Crippen LogP contribution in [-0.4, -0.2) is 5.37 Å². The SMILES string of the molecule is S=CC1CCC(=C2CC2)C1. The van der Waals surface area contributed by atoms with Crippen molar-refractivity contribution < 1.29 is 0 Å². The van der Waals surface area contributed by atoms with E-state index in [2.05, 4.69) is 0 Å². The van der Waals surface area contributed by atoms with Crippen LogP contribution < -0.4 is 0 Å². The van der Waals surface area contributed by atoms with Crippen LogP contribution in [-0.2, 0) is 0 Å². The van der Waals surface area contributed by atoms with Gasteiger partial charge < -0.3 is 0 Å². The van der Waals surface area contributed by atoms with Crippen molar-refractivity contribution in [3.8, 4) is 0 Å². The molecule has 1 unspecified atom stereocenters. The molecule has 2 fully saturated rings. The third-order valence-electron chi connectivity index (χ3n) is 2.52. The Hall–Kier alpha value is -0.170. The second-order valence-corrected chi connectivity index (χ2v) is 3.62. The molecule has 2 rings (SSSR count). The highest BCUT2D eigenvalue weighted by Crippen LogP contribution is 2.40. The van der Waals surface area contributed by atoms with Gasteiger partial charge in [0.2, 0.25) is 0 Å². The fourth-order valence-corrected chi connectivity index (χ4v) is 1.97. The minimum atomic E-state index is 0.734. The fraction of sp³-hybridized carbons (Fsp3) is 0.667. The van der Waals surface area contributed by atoms with Gasteiger partial charge in [0.1, 0.15) is 0 Å². The molecular weight excluding hydrogens is 140 g/mol. The van der Waals surface area contributed by atoms with E-state index in [0.717, 1.165) is 5.92 Å². The molecule has 1 atom stereocenters. The summed E-state index contributed by atoms with van der Waals surface area (Å²) in [5, 5.41) is 1.95. The summed E-state index contributed by atoms with van der Waals surface area (Å²) < 4.78 is 0. The number of allylic oxidation sites excluding steroid dienone is 2. The van der Waals surface area contributed by atoms with E-state index >= 15 is 0 Å². The van der Waals surface area contributed by atoms with Gasteiger partial charge in [-0.1, -0.05) is 23.4 Å². The van der Waals surface area contributed by atoms with Gasteiger partial charge in [0.05, 0.1) is 0 Å². The van der Waals surface area contributed by atoms with E-state index in [1.165, 1.54) is 32.1 Å². The summed E-state index contributed by atoms with van der Waals surface area (Å²) in [7, 11) is 0. The second-order valence-electron chi connectivity index (χ2n) is 3.35. The van der Waals surface area contributed by atoms with Gasteiger partial charge in [-0.25, -0.2) is 0 Å². The topological polar surface area (TPSA) is 0 Å². The van der Waals surface area contributed by atoms with Crippen molar-refractivity contribution in [2.45, 2.75) is 32.1 Å². The Balaban J connectivity index is 2.05. The molecular formula is C9H12S. The predicted molar refractivity (Wildman–Crippen MR) is 47.3 cm³/mol. The van der Waals surface area contributed by atoms with E-state index in [1.54, 1.807) is 11.1 Å². The molecule has 0 bridgehead atoms. The van der Waals surface area contributed by atoms with Crippen LogP contribution in [0.2, 0.25) is 0 Å². The monoisotopic (exact) mass is 152 g/mol. The quantitative estimate of drug-likeness (QED) is 0.411. The predicted octanol–water partition coefficient (Wildman–Crippen LogP) is 2.88. The lowest BCUT2D eigenvalue weighted by molar-refractivity contribution is 0.760. The van der Waals surface area contributed by atoms with Gasteiger partial charge in [-0.3, -0.25) is 0 Å². The maximum absolute atomic E-state index is 4.92. The van der Waals surface area contributed by atoms with Crippen LogP contribution >= 0.6 is 12.2 Å². The molecule has 0 aliphatic heterocycles. The zero-order valence-corrected chi connectivity index (χ0v) is 6.91. The lowest BCUT2D eigenvalue weighted by Crippen LogP contribution is -1.89. The molecule has 10 heavy (non-hydrogen) atoms. The highest BCUT2D eigenvalue weighted by Gasteiger charge is 2.24. The lowest BCUT2D eigenvalue weighted by atomic mass is 10.1. The molecule has 0 aromatic carbocycles. The van der Waals surface area contributed by atoms with Crippen molar-refractivity contribution in [3.05, 3.63) is 11.1 Å². The Morgan fingerprint density at radius 2 is 2.00 bits per heavy atom. The first-order valence-corrected chi connectivity index (χ1v) is 4.52. The Morgan fingerprint density at radius 1 is 1.20 bits per heavy atom. The van der Waals surface area contributed by atoms with Crippen molar-refractivity contribution in [3.63, 3.8) is 0 Å². The van der Waals surface area contributed by atoms with Crippen LogP contribution in [0, 0.1) is 5.92 Å². The lowest BCUT2D eigenvalue weighted by Gasteiger charge is -1.95. The van der Waals surface area contributed by atoms with Crippen molar-refractivity contribution >= 4 is 17.6 Å². The number of thiocarbonyl (C=S) groups is 1. The number of hydrogen-bond acceptors (Lipinski definition) is 1. The first-order valence-electron chi connectivity index (χ1n) is 4.05. The van der Waals surface area contributed by atoms with E-state index in [0.29, 0.717) is 0 Å². The molecule has 0 amide bonds. The minimum Gasteiger partial charge on any atom is -0.0932 e. The molecule has 0 aromatic heterocycles. The zero-order chi connectivity index (χ0) is 6.97. The maximum Gasteiger partial charge on any atom is -0.00881 e. The molecule has 0 spiro atoms. The number of rotatable bonds is 1. The van der Waals surface area contributed by atoms with Crippen LogP contribution in [0.1, 0.15) is 32.1 Å². The van der Waals surface area contributed by atoms with Gasteiger partial charge in [-0.15, -0.1) is 0 Å². The standard InChI is InChI=1S/C9H12S/c10-6-7-1-2-9(5-7)8-3-4-8/h6-7H,1-5H2. The molecule has 0 saturated heterocycles. The summed E-state index contributed by atoms with van der Waals surface area (Å²) in [6.45, 7) is 0. The van der Waals surface area contributed by atoms with Gasteiger partial charge >= 0.3 is 0 Å². The molecule has 0 N–H and O–H groups in total. The van der Waals surface area contributed by atoms with Crippen LogP contribution in [0.5, 0.6) is 0 Å². The van der Waals surface area contributed by atoms with E-state index in [-0.39, 0.29) is 0 Å². The zero-order valence-electron chi connectivity index (χ0n) is 6.10. The van der Waals surface area contributed by atoms with Gasteiger partial charge in [0.15, 0.2) is 0 Å². The van der Waals surface area contributed by atoms with Gasteiger partial charge in [0, 0.05) is 0 Å². The summed E-state index contributed by atoms with van der Waals surface area (Å²) in [5.74, 6) is 0.734. The molecule has 54 valence electrons. The second kappa shape index (κ2) is 2.46. The van der Waals surface area contributed by atoms with Crippen molar-refractivity contribution in [2.75, 3.05) is 0 Å². The molecule has 0 radical (unpaired) electrons. The van der Waals surface area contributed by atoms with Crippen molar-refractivity contribution in [2.24, 2.45) is 5.92 Å². The summed E-state index contributed by atoms with van der Waals surface area (Å²) in [6.07, 6.45) is 6.73. The molecule has 2 aliphatic rings. The van der Waals surface area contributed by atoms with Crippen molar-refractivity contribution in [1.29, 1.82) is 0 Å². The summed E-state index contributed by atoms with van der Waals surface area (Å²) in [5.41, 5.74) is 3.49. The average molecular weight is 152 g/mol. The van der Waals surface area contributed by atoms with Crippen molar-refractivity contribution in [1.82, 2.24) is 0 Å². The Morgan fingerprint density at radius 3 is 2.50 bits per heavy atom. The number of hydrogen-bond donors (Lipinski definition) is 0. The normalized spacial score (nSPS) is 31.0. The Kier molecular flexibility index (Phi) is 1.61. The van der Waals surface area contributed by atoms with Crippen LogP contribution in [0.3, 0.4) is 0 Å². The van der Waals surface area contributed by atoms with Crippen LogP contribution in [0.25, 0.3) is 0 Å². The van der Waals surface area contributed by atoms with E-state index < -0.39 is 0 Å². The molecule has 0 nitrogen and oxygen atoms in total. The van der Waals surface area contributed by atoms with E-state index in [1.807, 2.05) is 5.37 Å². The molecule has 0 heterocycles. The Bertz CT molecular complexity index is 185. The summed E-state index contributed by atoms with van der Waals surface area (Å²) in [6, 6.07) is 0. The maximum atomic E-state index is 4.92. The molecule has 0 aromatic rings. The van der Waals surface area contributed by atoms with E-state index in [4.69, 9.17) is 12.2 Å². The van der Waals surface area contributed by atoms with Gasteiger partial charge in [0.25, 0.3) is 0 Å². The summed E-state index contributed by atoms with van der Waals surface area (Å²) in [4.78, 5) is 0. The fourth-order valence-electron chi connectivity index (χ4n) is 1.73. The molecule has 2 aliphatic carbocycles. The van der Waals surface area contributed by atoms with Gasteiger partial charge in [-0.05, 0) is 43.4 Å². The summed E-state index contributed by atoms with van der Waals surface area (Å²) >= 11 is 4.92. The largest absolute Gasteiger partial charge is 0.0932 e. The third kappa shape index (κ3) is 1.15. The first kappa shape index (κ1) is 6.53. The average Bonchev–Trinajstić information content (AvgIpc) is 2.70. The van der Waals surface area contributed by atoms with Gasteiger partial charge in [-0.2, -0.15) is 0 Å².